The highest BCUT2D eigenvalue weighted by Crippen LogP contribution is 2.08. The molecular formula is C25H41N7O5S2. The van der Waals surface area contributed by atoms with Crippen molar-refractivity contribution < 1.29 is 24.3 Å². The predicted molar refractivity (Wildman–Crippen MR) is 157 cm³/mol. The topological polar surface area (TPSA) is 215 Å². The Morgan fingerprint density at radius 3 is 1.90 bits per heavy atom. The third-order valence-electron chi connectivity index (χ3n) is 5.68. The summed E-state index contributed by atoms with van der Waals surface area (Å²) < 4.78 is 0. The number of amides is 3. The fourth-order valence-corrected chi connectivity index (χ4v) is 4.50. The van der Waals surface area contributed by atoms with Crippen molar-refractivity contribution in [2.24, 2.45) is 22.2 Å². The summed E-state index contributed by atoms with van der Waals surface area (Å²) in [5.41, 5.74) is 17.7. The van der Waals surface area contributed by atoms with Crippen molar-refractivity contribution >= 4 is 53.2 Å². The fraction of sp³-hybridized carbons (Fsp3) is 0.560. The summed E-state index contributed by atoms with van der Waals surface area (Å²) in [5.74, 6) is -1.85. The van der Waals surface area contributed by atoms with Crippen LogP contribution >= 0.6 is 23.5 Å². The van der Waals surface area contributed by atoms with Crippen molar-refractivity contribution in [1.82, 2.24) is 16.0 Å². The average molecular weight is 584 g/mol. The summed E-state index contributed by atoms with van der Waals surface area (Å²) in [5, 5.41) is 17.4. The molecule has 0 saturated carbocycles. The number of carboxylic acids is 1. The quantitative estimate of drug-likeness (QED) is 0.0638. The number of nitrogens with zero attached hydrogens (tertiary/aromatic N) is 1. The Labute approximate surface area is 238 Å². The van der Waals surface area contributed by atoms with Gasteiger partial charge in [-0.2, -0.15) is 23.5 Å². The Morgan fingerprint density at radius 1 is 0.846 bits per heavy atom. The van der Waals surface area contributed by atoms with E-state index in [1.54, 1.807) is 0 Å². The third kappa shape index (κ3) is 14.1. The molecule has 0 aliphatic heterocycles. The Bertz CT molecular complexity index is 948. The van der Waals surface area contributed by atoms with Gasteiger partial charge < -0.3 is 38.3 Å². The Kier molecular flexibility index (Phi) is 16.7. The Balaban J connectivity index is 2.99. The van der Waals surface area contributed by atoms with E-state index in [1.807, 2.05) is 42.8 Å². The monoisotopic (exact) mass is 583 g/mol. The van der Waals surface area contributed by atoms with Crippen LogP contribution in [-0.4, -0.2) is 89.5 Å². The zero-order chi connectivity index (χ0) is 29.2. The van der Waals surface area contributed by atoms with Gasteiger partial charge in [0, 0.05) is 6.54 Å². The molecule has 4 unspecified atom stereocenters. The maximum Gasteiger partial charge on any atom is 0.326 e. The summed E-state index contributed by atoms with van der Waals surface area (Å²) in [7, 11) is 0. The second-order valence-corrected chi connectivity index (χ2v) is 10.8. The first kappa shape index (κ1) is 34.1. The lowest BCUT2D eigenvalue weighted by Gasteiger charge is -2.25. The van der Waals surface area contributed by atoms with E-state index in [9.17, 15) is 24.3 Å². The zero-order valence-electron chi connectivity index (χ0n) is 22.4. The molecule has 0 aromatic heterocycles. The average Bonchev–Trinajstić information content (AvgIpc) is 2.90. The maximum absolute atomic E-state index is 13.3. The predicted octanol–water partition coefficient (Wildman–Crippen LogP) is -0.345. The number of guanidine groups is 1. The molecule has 4 atom stereocenters. The number of carbonyl (C=O) groups excluding carboxylic acids is 3. The second kappa shape index (κ2) is 19.1. The van der Waals surface area contributed by atoms with Crippen LogP contribution in [0.15, 0.2) is 35.3 Å². The minimum Gasteiger partial charge on any atom is -0.480 e. The minimum atomic E-state index is -1.15. The lowest BCUT2D eigenvalue weighted by atomic mass is 10.0. The van der Waals surface area contributed by atoms with Crippen LogP contribution in [0.3, 0.4) is 0 Å². The molecule has 0 aliphatic rings. The highest BCUT2D eigenvalue weighted by atomic mass is 32.2. The molecule has 1 aromatic carbocycles. The van der Waals surface area contributed by atoms with Crippen LogP contribution in [0.25, 0.3) is 0 Å². The van der Waals surface area contributed by atoms with Crippen LogP contribution in [0.4, 0.5) is 0 Å². The molecule has 0 fully saturated rings. The first-order chi connectivity index (χ1) is 18.6. The standard InChI is InChI=1S/C25H41N7O5S2/c1-38-13-10-19(23(35)32-20(24(36)37)11-14-39-2)31-22(34)18(9-6-12-29-25(27)28)30-21(33)17(26)15-16-7-4-3-5-8-16/h3-5,7-8,17-20H,6,9-15,26H2,1-2H3,(H,30,33)(H,31,34)(H,32,35)(H,36,37)(H4,27,28,29). The van der Waals surface area contributed by atoms with E-state index in [4.69, 9.17) is 17.2 Å². The normalized spacial score (nSPS) is 13.8. The minimum absolute atomic E-state index is 0.0896. The van der Waals surface area contributed by atoms with Crippen molar-refractivity contribution in [3.8, 4) is 0 Å². The molecule has 0 bridgehead atoms. The lowest BCUT2D eigenvalue weighted by Crippen LogP contribution is -2.57. The number of aliphatic imine (C=N–C) groups is 1. The lowest BCUT2D eigenvalue weighted by molar-refractivity contribution is -0.142. The molecule has 218 valence electrons. The number of rotatable bonds is 19. The van der Waals surface area contributed by atoms with E-state index in [2.05, 4.69) is 20.9 Å². The van der Waals surface area contributed by atoms with Gasteiger partial charge in [-0.1, -0.05) is 30.3 Å². The summed E-state index contributed by atoms with van der Waals surface area (Å²) in [6.07, 6.45) is 5.06. The summed E-state index contributed by atoms with van der Waals surface area (Å²) in [6, 6.07) is 5.27. The number of hydrogen-bond acceptors (Lipinski definition) is 8. The van der Waals surface area contributed by atoms with E-state index >= 15 is 0 Å². The van der Waals surface area contributed by atoms with Gasteiger partial charge in [0.25, 0.3) is 0 Å². The van der Waals surface area contributed by atoms with E-state index in [-0.39, 0.29) is 38.2 Å². The molecule has 1 aromatic rings. The molecule has 12 nitrogen and oxygen atoms in total. The number of carboxylic acid groups (broad SMARTS) is 1. The number of nitrogens with one attached hydrogen (secondary N) is 3. The molecular weight excluding hydrogens is 542 g/mol. The van der Waals surface area contributed by atoms with Crippen molar-refractivity contribution in [3.05, 3.63) is 35.9 Å². The van der Waals surface area contributed by atoms with Gasteiger partial charge in [-0.25, -0.2) is 4.79 Å². The van der Waals surface area contributed by atoms with Crippen LogP contribution in [-0.2, 0) is 25.6 Å². The molecule has 0 aliphatic carbocycles. The SMILES string of the molecule is CSCCC(NC(=O)C(CCSC)NC(=O)C(CCCN=C(N)N)NC(=O)C(N)Cc1ccccc1)C(=O)O. The largest absolute Gasteiger partial charge is 0.480 e. The van der Waals surface area contributed by atoms with Gasteiger partial charge in [-0.05, 0) is 61.7 Å². The van der Waals surface area contributed by atoms with E-state index in [0.717, 1.165) is 5.56 Å². The number of thioether (sulfide) groups is 2. The number of hydrogen-bond donors (Lipinski definition) is 7. The van der Waals surface area contributed by atoms with Crippen LogP contribution < -0.4 is 33.2 Å². The summed E-state index contributed by atoms with van der Waals surface area (Å²) in [4.78, 5) is 54.7. The van der Waals surface area contributed by atoms with Gasteiger partial charge in [0.05, 0.1) is 6.04 Å². The van der Waals surface area contributed by atoms with Crippen molar-refractivity contribution in [3.63, 3.8) is 0 Å². The van der Waals surface area contributed by atoms with E-state index in [0.29, 0.717) is 17.9 Å². The molecule has 0 heterocycles. The van der Waals surface area contributed by atoms with Gasteiger partial charge in [-0.15, -0.1) is 0 Å². The van der Waals surface area contributed by atoms with Crippen molar-refractivity contribution in [2.45, 2.75) is 56.3 Å². The second-order valence-electron chi connectivity index (χ2n) is 8.83. The molecule has 10 N–H and O–H groups in total. The Morgan fingerprint density at radius 2 is 1.36 bits per heavy atom. The summed E-state index contributed by atoms with van der Waals surface area (Å²) in [6.45, 7) is 0.240. The highest BCUT2D eigenvalue weighted by Gasteiger charge is 2.30. The Hall–Kier alpha value is -2.97. The highest BCUT2D eigenvalue weighted by molar-refractivity contribution is 7.98. The number of nitrogens with two attached hydrogens (primary N) is 3. The first-order valence-electron chi connectivity index (χ1n) is 12.6. The van der Waals surface area contributed by atoms with Crippen molar-refractivity contribution in [2.75, 3.05) is 30.6 Å². The van der Waals surface area contributed by atoms with Crippen LogP contribution in [0, 0.1) is 0 Å². The smallest absolute Gasteiger partial charge is 0.326 e. The van der Waals surface area contributed by atoms with Gasteiger partial charge >= 0.3 is 5.97 Å². The van der Waals surface area contributed by atoms with E-state index < -0.39 is 47.9 Å². The number of benzene rings is 1. The first-order valence-corrected chi connectivity index (χ1v) is 15.3. The van der Waals surface area contributed by atoms with Crippen LogP contribution in [0.2, 0.25) is 0 Å². The van der Waals surface area contributed by atoms with Crippen molar-refractivity contribution in [1.29, 1.82) is 0 Å². The van der Waals surface area contributed by atoms with Gasteiger partial charge in [0.1, 0.15) is 18.1 Å². The third-order valence-corrected chi connectivity index (χ3v) is 6.97. The van der Waals surface area contributed by atoms with Crippen LogP contribution in [0.1, 0.15) is 31.2 Å². The molecule has 0 spiro atoms. The number of aliphatic carboxylic acids is 1. The number of carbonyl (C=O) groups is 4. The molecule has 14 heteroatoms. The van der Waals surface area contributed by atoms with Gasteiger partial charge in [-0.3, -0.25) is 19.4 Å². The molecule has 0 saturated heterocycles. The van der Waals surface area contributed by atoms with E-state index in [1.165, 1.54) is 23.5 Å². The molecule has 3 amide bonds. The summed E-state index contributed by atoms with van der Waals surface area (Å²) >= 11 is 2.95. The molecule has 1 rings (SSSR count). The van der Waals surface area contributed by atoms with Gasteiger partial charge in [0.2, 0.25) is 17.7 Å². The maximum atomic E-state index is 13.3. The molecule has 0 radical (unpaired) electrons. The fourth-order valence-electron chi connectivity index (χ4n) is 3.55. The molecule has 39 heavy (non-hydrogen) atoms. The zero-order valence-corrected chi connectivity index (χ0v) is 24.1. The van der Waals surface area contributed by atoms with Crippen LogP contribution in [0.5, 0.6) is 0 Å². The van der Waals surface area contributed by atoms with Gasteiger partial charge in [0.15, 0.2) is 5.96 Å².